The van der Waals surface area contributed by atoms with Crippen LogP contribution in [0, 0.1) is 5.92 Å². The zero-order chi connectivity index (χ0) is 21.9. The van der Waals surface area contributed by atoms with Gasteiger partial charge in [0, 0.05) is 5.92 Å². The number of carbonyl (C=O) groups excluding carboxylic acids is 2. The smallest absolute Gasteiger partial charge is 0.416 e. The summed E-state index contributed by atoms with van der Waals surface area (Å²) in [6.07, 6.45) is 6.21. The van der Waals surface area contributed by atoms with Gasteiger partial charge in [-0.2, -0.15) is 0 Å². The lowest BCUT2D eigenvalue weighted by Crippen LogP contribution is -2.43. The summed E-state index contributed by atoms with van der Waals surface area (Å²) >= 11 is 0. The lowest BCUT2D eigenvalue weighted by molar-refractivity contribution is -0.133. The number of rotatable bonds is 11. The number of imide groups is 1. The van der Waals surface area contributed by atoms with Crippen LogP contribution in [-0.2, 0) is 27.3 Å². The summed E-state index contributed by atoms with van der Waals surface area (Å²) in [7, 11) is 0. The third kappa shape index (κ3) is 6.79. The van der Waals surface area contributed by atoms with Gasteiger partial charge in [-0.1, -0.05) is 86.2 Å². The van der Waals surface area contributed by atoms with Crippen molar-refractivity contribution < 1.29 is 19.1 Å². The standard InChI is InChI=1S/C26H31NO4/c1-2-11-23(16-9-10-17-30-19-22-14-7-4-8-15-22)25(28)27-24(20-31-26(27)29)18-21-12-5-3-6-13-21/h3-10,12-15,23-24H,2,11,16-20H2,1H3/b10-9+/t23-,24+/m1/s1. The Balaban J connectivity index is 1.53. The fourth-order valence-electron chi connectivity index (χ4n) is 3.80. The van der Waals surface area contributed by atoms with Crippen LogP contribution < -0.4 is 0 Å². The van der Waals surface area contributed by atoms with Crippen LogP contribution in [0.5, 0.6) is 0 Å². The number of hydrogen-bond donors (Lipinski definition) is 0. The molecular formula is C26H31NO4. The first kappa shape index (κ1) is 22.8. The Labute approximate surface area is 184 Å². The second-order valence-electron chi connectivity index (χ2n) is 7.82. The van der Waals surface area contributed by atoms with E-state index in [4.69, 9.17) is 9.47 Å². The zero-order valence-corrected chi connectivity index (χ0v) is 18.1. The van der Waals surface area contributed by atoms with Crippen LogP contribution in [0.25, 0.3) is 0 Å². The van der Waals surface area contributed by atoms with E-state index in [1.165, 1.54) is 4.90 Å². The molecule has 1 heterocycles. The summed E-state index contributed by atoms with van der Waals surface area (Å²) < 4.78 is 10.9. The number of amides is 2. The van der Waals surface area contributed by atoms with Gasteiger partial charge < -0.3 is 9.47 Å². The molecular weight excluding hydrogens is 390 g/mol. The van der Waals surface area contributed by atoms with Crippen molar-refractivity contribution in [2.75, 3.05) is 13.2 Å². The number of allylic oxidation sites excluding steroid dienone is 1. The molecule has 5 heteroatoms. The summed E-state index contributed by atoms with van der Waals surface area (Å²) in [4.78, 5) is 26.9. The van der Waals surface area contributed by atoms with E-state index in [2.05, 4.69) is 6.92 Å². The Kier molecular flexibility index (Phi) is 8.85. The largest absolute Gasteiger partial charge is 0.447 e. The van der Waals surface area contributed by atoms with E-state index in [-0.39, 0.29) is 24.5 Å². The van der Waals surface area contributed by atoms with Gasteiger partial charge in [-0.25, -0.2) is 9.69 Å². The number of hydrogen-bond acceptors (Lipinski definition) is 4. The van der Waals surface area contributed by atoms with Gasteiger partial charge in [0.15, 0.2) is 0 Å². The van der Waals surface area contributed by atoms with E-state index in [0.717, 1.165) is 24.0 Å². The molecule has 1 aliphatic heterocycles. The van der Waals surface area contributed by atoms with Gasteiger partial charge in [0.05, 0.1) is 19.3 Å². The molecule has 1 aliphatic rings. The average Bonchev–Trinajstić information content (AvgIpc) is 3.16. The van der Waals surface area contributed by atoms with Gasteiger partial charge in [0.25, 0.3) is 0 Å². The van der Waals surface area contributed by atoms with Gasteiger partial charge in [0.2, 0.25) is 5.91 Å². The molecule has 0 saturated carbocycles. The highest BCUT2D eigenvalue weighted by Crippen LogP contribution is 2.23. The molecule has 2 amide bonds. The van der Waals surface area contributed by atoms with Gasteiger partial charge >= 0.3 is 6.09 Å². The zero-order valence-electron chi connectivity index (χ0n) is 18.1. The topological polar surface area (TPSA) is 55.8 Å². The van der Waals surface area contributed by atoms with Crippen molar-refractivity contribution in [1.29, 1.82) is 0 Å². The first-order valence-corrected chi connectivity index (χ1v) is 11.0. The Morgan fingerprint density at radius 3 is 2.45 bits per heavy atom. The molecule has 0 aliphatic carbocycles. The Bertz CT molecular complexity index is 850. The fraction of sp³-hybridized carbons (Fsp3) is 0.385. The van der Waals surface area contributed by atoms with Gasteiger partial charge in [0.1, 0.15) is 6.61 Å². The van der Waals surface area contributed by atoms with E-state index in [1.54, 1.807) is 0 Å². The number of ether oxygens (including phenoxy) is 2. The summed E-state index contributed by atoms with van der Waals surface area (Å²) in [5.74, 6) is -0.376. The van der Waals surface area contributed by atoms with Crippen molar-refractivity contribution in [3.05, 3.63) is 83.9 Å². The maximum absolute atomic E-state index is 13.2. The predicted molar refractivity (Wildman–Crippen MR) is 120 cm³/mol. The van der Waals surface area contributed by atoms with Crippen LogP contribution in [0.15, 0.2) is 72.8 Å². The summed E-state index contributed by atoms with van der Waals surface area (Å²) in [6.45, 7) is 3.35. The monoisotopic (exact) mass is 421 g/mol. The molecule has 0 N–H and O–H groups in total. The highest BCUT2D eigenvalue weighted by atomic mass is 16.6. The highest BCUT2D eigenvalue weighted by molar-refractivity contribution is 5.94. The first-order chi connectivity index (χ1) is 15.2. The number of benzene rings is 2. The molecule has 1 saturated heterocycles. The minimum atomic E-state index is -0.526. The minimum absolute atomic E-state index is 0.139. The quantitative estimate of drug-likeness (QED) is 0.372. The van der Waals surface area contributed by atoms with Crippen LogP contribution in [0.4, 0.5) is 4.79 Å². The number of nitrogens with zero attached hydrogens (tertiary/aromatic N) is 1. The molecule has 0 bridgehead atoms. The molecule has 31 heavy (non-hydrogen) atoms. The van der Waals surface area contributed by atoms with Crippen LogP contribution in [0.2, 0.25) is 0 Å². The first-order valence-electron chi connectivity index (χ1n) is 11.0. The molecule has 1 fully saturated rings. The van der Waals surface area contributed by atoms with E-state index in [9.17, 15) is 9.59 Å². The van der Waals surface area contributed by atoms with Crippen LogP contribution >= 0.6 is 0 Å². The minimum Gasteiger partial charge on any atom is -0.447 e. The van der Waals surface area contributed by atoms with E-state index < -0.39 is 6.09 Å². The molecule has 164 valence electrons. The van der Waals surface area contributed by atoms with Gasteiger partial charge in [-0.15, -0.1) is 0 Å². The molecule has 2 aromatic rings. The third-order valence-corrected chi connectivity index (χ3v) is 5.41. The van der Waals surface area contributed by atoms with Gasteiger partial charge in [-0.05, 0) is 30.4 Å². The van der Waals surface area contributed by atoms with Crippen molar-refractivity contribution in [2.45, 2.75) is 45.3 Å². The molecule has 2 aromatic carbocycles. The van der Waals surface area contributed by atoms with Crippen molar-refractivity contribution in [3.63, 3.8) is 0 Å². The van der Waals surface area contributed by atoms with Crippen LogP contribution in [0.3, 0.4) is 0 Å². The normalized spacial score (nSPS) is 17.1. The van der Waals surface area contributed by atoms with E-state index >= 15 is 0 Å². The van der Waals surface area contributed by atoms with Crippen LogP contribution in [0.1, 0.15) is 37.3 Å². The SMILES string of the molecule is CCC[C@H](C/C=C/COCc1ccccc1)C(=O)N1C(=O)OC[C@@H]1Cc1ccccc1. The molecule has 3 rings (SSSR count). The second kappa shape index (κ2) is 12.1. The Morgan fingerprint density at radius 2 is 1.77 bits per heavy atom. The maximum atomic E-state index is 13.2. The lowest BCUT2D eigenvalue weighted by Gasteiger charge is -2.24. The lowest BCUT2D eigenvalue weighted by atomic mass is 9.96. The summed E-state index contributed by atoms with van der Waals surface area (Å²) in [5, 5.41) is 0. The fourth-order valence-corrected chi connectivity index (χ4v) is 3.80. The van der Waals surface area contributed by atoms with Crippen molar-refractivity contribution >= 4 is 12.0 Å². The van der Waals surface area contributed by atoms with Gasteiger partial charge in [-0.3, -0.25) is 4.79 Å². The summed E-state index contributed by atoms with van der Waals surface area (Å²) in [6, 6.07) is 19.7. The summed E-state index contributed by atoms with van der Waals surface area (Å²) in [5.41, 5.74) is 2.22. The van der Waals surface area contributed by atoms with E-state index in [0.29, 0.717) is 26.1 Å². The van der Waals surface area contributed by atoms with Crippen molar-refractivity contribution in [3.8, 4) is 0 Å². The third-order valence-electron chi connectivity index (χ3n) is 5.41. The molecule has 0 aromatic heterocycles. The van der Waals surface area contributed by atoms with E-state index in [1.807, 2.05) is 72.8 Å². The molecule has 0 radical (unpaired) electrons. The molecule has 2 atom stereocenters. The highest BCUT2D eigenvalue weighted by Gasteiger charge is 2.40. The Morgan fingerprint density at radius 1 is 1.10 bits per heavy atom. The second-order valence-corrected chi connectivity index (χ2v) is 7.82. The van der Waals surface area contributed by atoms with Crippen molar-refractivity contribution in [2.24, 2.45) is 5.92 Å². The predicted octanol–water partition coefficient (Wildman–Crippen LogP) is 5.16. The maximum Gasteiger partial charge on any atom is 0.416 e. The molecule has 0 unspecified atom stereocenters. The molecule has 0 spiro atoms. The van der Waals surface area contributed by atoms with Crippen molar-refractivity contribution in [1.82, 2.24) is 4.90 Å². The molecule has 5 nitrogen and oxygen atoms in total. The van der Waals surface area contributed by atoms with Crippen LogP contribution in [-0.4, -0.2) is 36.2 Å². The average molecular weight is 422 g/mol. The number of cyclic esters (lactones) is 1. The Hall–Kier alpha value is -2.92. The number of carbonyl (C=O) groups is 2.